The number of ether oxygens (including phenoxy) is 2. The maximum atomic E-state index is 14.0. The zero-order valence-electron chi connectivity index (χ0n) is 14.1. The van der Waals surface area contributed by atoms with Crippen molar-refractivity contribution in [3.63, 3.8) is 0 Å². The number of hydrogen-bond donors (Lipinski definition) is 0. The van der Waals surface area contributed by atoms with Crippen molar-refractivity contribution in [3.8, 4) is 0 Å². The molecule has 2 fully saturated rings. The predicted octanol–water partition coefficient (Wildman–Crippen LogP) is 3.68. The Kier molecular flexibility index (Phi) is 4.81. The van der Waals surface area contributed by atoms with Crippen LogP contribution < -0.4 is 4.90 Å². The molecule has 2 aromatic rings. The second-order valence-electron chi connectivity index (χ2n) is 6.75. The molecular weight excluding hydrogens is 326 g/mol. The molecular formula is C19H22F2N2O2. The molecule has 2 aliphatic rings. The highest BCUT2D eigenvalue weighted by Gasteiger charge is 2.25. The van der Waals surface area contributed by atoms with E-state index in [4.69, 9.17) is 9.47 Å². The first-order chi connectivity index (χ1) is 12.2. The molecule has 2 saturated heterocycles. The van der Waals surface area contributed by atoms with E-state index in [9.17, 15) is 8.78 Å². The van der Waals surface area contributed by atoms with Crippen LogP contribution >= 0.6 is 0 Å². The smallest absolute Gasteiger partial charge is 0.152 e. The van der Waals surface area contributed by atoms with Gasteiger partial charge in [0.1, 0.15) is 11.3 Å². The van der Waals surface area contributed by atoms with Crippen LogP contribution in [0.2, 0.25) is 0 Å². The van der Waals surface area contributed by atoms with Crippen LogP contribution in [0.1, 0.15) is 25.7 Å². The number of piperidine rings is 1. The maximum absolute atomic E-state index is 14.0. The average molecular weight is 348 g/mol. The first-order valence-corrected chi connectivity index (χ1v) is 8.92. The summed E-state index contributed by atoms with van der Waals surface area (Å²) in [5, 5.41) is 0.531. The SMILES string of the molecule is Fc1cc(F)c2nccc(N3CCC(OC4CCOCC4)CC3)c2c1. The first kappa shape index (κ1) is 16.7. The molecule has 1 aromatic heterocycles. The fourth-order valence-electron chi connectivity index (χ4n) is 3.76. The first-order valence-electron chi connectivity index (χ1n) is 8.92. The summed E-state index contributed by atoms with van der Waals surface area (Å²) in [6.07, 6.45) is 5.90. The molecule has 0 saturated carbocycles. The van der Waals surface area contributed by atoms with Gasteiger partial charge in [0.05, 0.1) is 12.2 Å². The number of fused-ring (bicyclic) bond motifs is 1. The van der Waals surface area contributed by atoms with E-state index in [0.717, 1.165) is 63.7 Å². The van der Waals surface area contributed by atoms with Crippen LogP contribution in [-0.2, 0) is 9.47 Å². The molecule has 25 heavy (non-hydrogen) atoms. The predicted molar refractivity (Wildman–Crippen MR) is 91.8 cm³/mol. The van der Waals surface area contributed by atoms with Crippen molar-refractivity contribution in [1.82, 2.24) is 4.98 Å². The van der Waals surface area contributed by atoms with Crippen molar-refractivity contribution in [2.24, 2.45) is 0 Å². The zero-order valence-corrected chi connectivity index (χ0v) is 14.1. The second-order valence-corrected chi connectivity index (χ2v) is 6.75. The number of anilines is 1. The number of nitrogens with zero attached hydrogens (tertiary/aromatic N) is 2. The van der Waals surface area contributed by atoms with E-state index in [1.54, 1.807) is 6.20 Å². The summed E-state index contributed by atoms with van der Waals surface area (Å²) in [6, 6.07) is 4.08. The molecule has 4 rings (SSSR count). The molecule has 0 spiro atoms. The molecule has 0 bridgehead atoms. The lowest BCUT2D eigenvalue weighted by Crippen LogP contribution is -2.39. The Labute approximate surface area is 145 Å². The molecule has 3 heterocycles. The van der Waals surface area contributed by atoms with Gasteiger partial charge in [0.2, 0.25) is 0 Å². The molecule has 4 nitrogen and oxygen atoms in total. The van der Waals surface area contributed by atoms with Gasteiger partial charge < -0.3 is 14.4 Å². The van der Waals surface area contributed by atoms with Gasteiger partial charge in [0, 0.05) is 49.6 Å². The number of benzene rings is 1. The highest BCUT2D eigenvalue weighted by molar-refractivity contribution is 5.92. The van der Waals surface area contributed by atoms with Crippen LogP contribution in [0.15, 0.2) is 24.4 Å². The maximum Gasteiger partial charge on any atom is 0.152 e. The van der Waals surface area contributed by atoms with Crippen LogP contribution in [0.4, 0.5) is 14.5 Å². The molecule has 0 aliphatic carbocycles. The highest BCUT2D eigenvalue weighted by atomic mass is 19.1. The van der Waals surface area contributed by atoms with E-state index in [1.807, 2.05) is 6.07 Å². The van der Waals surface area contributed by atoms with Crippen LogP contribution in [0.3, 0.4) is 0 Å². The summed E-state index contributed by atoms with van der Waals surface area (Å²) in [4.78, 5) is 6.24. The Morgan fingerprint density at radius 1 is 1.04 bits per heavy atom. The zero-order chi connectivity index (χ0) is 17.2. The largest absolute Gasteiger partial charge is 0.381 e. The molecule has 0 amide bonds. The summed E-state index contributed by atoms with van der Waals surface area (Å²) in [5.74, 6) is -1.19. The summed E-state index contributed by atoms with van der Waals surface area (Å²) in [6.45, 7) is 3.18. The van der Waals surface area contributed by atoms with Crippen molar-refractivity contribution in [3.05, 3.63) is 36.0 Å². The highest BCUT2D eigenvalue weighted by Crippen LogP contribution is 2.31. The summed E-state index contributed by atoms with van der Waals surface area (Å²) in [7, 11) is 0. The van der Waals surface area contributed by atoms with Crippen molar-refractivity contribution in [2.45, 2.75) is 37.9 Å². The van der Waals surface area contributed by atoms with Gasteiger partial charge in [-0.25, -0.2) is 8.78 Å². The van der Waals surface area contributed by atoms with Crippen molar-refractivity contribution in [2.75, 3.05) is 31.2 Å². The third-order valence-electron chi connectivity index (χ3n) is 5.08. The van der Waals surface area contributed by atoms with Gasteiger partial charge in [-0.2, -0.15) is 0 Å². The molecule has 6 heteroatoms. The fraction of sp³-hybridized carbons (Fsp3) is 0.526. The van der Waals surface area contributed by atoms with E-state index >= 15 is 0 Å². The molecule has 134 valence electrons. The molecule has 0 atom stereocenters. The minimum Gasteiger partial charge on any atom is -0.381 e. The Balaban J connectivity index is 1.46. The van der Waals surface area contributed by atoms with Crippen molar-refractivity contribution < 1.29 is 18.3 Å². The normalized spacial score (nSPS) is 20.3. The summed E-state index contributed by atoms with van der Waals surface area (Å²) in [5.41, 5.74) is 1.06. The Bertz CT molecular complexity index is 742. The van der Waals surface area contributed by atoms with Gasteiger partial charge in [-0.15, -0.1) is 0 Å². The van der Waals surface area contributed by atoms with Crippen molar-refractivity contribution >= 4 is 16.6 Å². The fourth-order valence-corrected chi connectivity index (χ4v) is 3.76. The monoisotopic (exact) mass is 348 g/mol. The minimum atomic E-state index is -0.616. The number of pyridine rings is 1. The van der Waals surface area contributed by atoms with E-state index in [1.165, 1.54) is 6.07 Å². The van der Waals surface area contributed by atoms with Gasteiger partial charge >= 0.3 is 0 Å². The number of rotatable bonds is 3. The van der Waals surface area contributed by atoms with Crippen LogP contribution in [-0.4, -0.2) is 43.5 Å². The lowest BCUT2D eigenvalue weighted by atomic mass is 10.0. The van der Waals surface area contributed by atoms with E-state index in [0.29, 0.717) is 11.5 Å². The summed E-state index contributed by atoms with van der Waals surface area (Å²) >= 11 is 0. The topological polar surface area (TPSA) is 34.6 Å². The van der Waals surface area contributed by atoms with E-state index in [2.05, 4.69) is 9.88 Å². The number of hydrogen-bond acceptors (Lipinski definition) is 4. The Morgan fingerprint density at radius 2 is 1.76 bits per heavy atom. The standard InChI is InChI=1S/C19H22F2N2O2/c20-13-11-16-18(1-6-22-19(16)17(21)12-13)23-7-2-14(3-8-23)25-15-4-9-24-10-5-15/h1,6,11-12,14-15H,2-5,7-10H2. The van der Waals surface area contributed by atoms with Gasteiger partial charge in [0.15, 0.2) is 5.82 Å². The van der Waals surface area contributed by atoms with Gasteiger partial charge in [-0.1, -0.05) is 0 Å². The summed E-state index contributed by atoms with van der Waals surface area (Å²) < 4.78 is 39.2. The third kappa shape index (κ3) is 3.60. The van der Waals surface area contributed by atoms with Crippen LogP contribution in [0.5, 0.6) is 0 Å². The van der Waals surface area contributed by atoms with E-state index < -0.39 is 11.6 Å². The minimum absolute atomic E-state index is 0.222. The quantitative estimate of drug-likeness (QED) is 0.848. The molecule has 1 aromatic carbocycles. The molecule has 0 N–H and O–H groups in total. The lowest BCUT2D eigenvalue weighted by Gasteiger charge is -2.36. The van der Waals surface area contributed by atoms with Gasteiger partial charge in [0.25, 0.3) is 0 Å². The lowest BCUT2D eigenvalue weighted by molar-refractivity contribution is -0.0743. The van der Waals surface area contributed by atoms with Gasteiger partial charge in [-0.3, -0.25) is 4.98 Å². The molecule has 0 unspecified atom stereocenters. The number of aromatic nitrogens is 1. The molecule has 0 radical (unpaired) electrons. The average Bonchev–Trinajstić information content (AvgIpc) is 2.63. The number of halogens is 2. The third-order valence-corrected chi connectivity index (χ3v) is 5.08. The Hall–Kier alpha value is -1.79. The van der Waals surface area contributed by atoms with Crippen molar-refractivity contribution in [1.29, 1.82) is 0 Å². The van der Waals surface area contributed by atoms with Gasteiger partial charge in [-0.05, 0) is 37.8 Å². The van der Waals surface area contributed by atoms with Crippen LogP contribution in [0, 0.1) is 11.6 Å². The second kappa shape index (κ2) is 7.22. The molecule has 2 aliphatic heterocycles. The van der Waals surface area contributed by atoms with Crippen LogP contribution in [0.25, 0.3) is 10.9 Å². The Morgan fingerprint density at radius 3 is 2.52 bits per heavy atom. The van der Waals surface area contributed by atoms with E-state index in [-0.39, 0.29) is 11.6 Å².